The first kappa shape index (κ1) is 10.3. The summed E-state index contributed by atoms with van der Waals surface area (Å²) in [5.74, 6) is 1.48. The molecule has 0 aliphatic carbocycles. The molecule has 0 spiro atoms. The van der Waals surface area contributed by atoms with Gasteiger partial charge >= 0.3 is 0 Å². The highest BCUT2D eigenvalue weighted by atomic mass is 79.9. The molecule has 1 unspecified atom stereocenters. The molecule has 0 amide bonds. The van der Waals surface area contributed by atoms with Crippen molar-refractivity contribution in [2.75, 3.05) is 13.2 Å². The number of rotatable bonds is 1. The summed E-state index contributed by atoms with van der Waals surface area (Å²) in [7, 11) is 0. The lowest BCUT2D eigenvalue weighted by atomic mass is 10.1. The molecule has 0 aromatic heterocycles. The molecule has 0 saturated heterocycles. The summed E-state index contributed by atoms with van der Waals surface area (Å²) in [5, 5.41) is 8.78. The standard InChI is InChI=1S/C11H10BrNO2/c12-9(7-13)8-2-3-10-11(6-8)15-5-1-4-14-10/h2-3,6,9H,1,4-5H2. The van der Waals surface area contributed by atoms with Crippen LogP contribution in [-0.2, 0) is 0 Å². The van der Waals surface area contributed by atoms with Crippen LogP contribution in [0.3, 0.4) is 0 Å². The Kier molecular flexibility index (Phi) is 3.12. The van der Waals surface area contributed by atoms with E-state index in [1.165, 1.54) is 0 Å². The van der Waals surface area contributed by atoms with E-state index in [4.69, 9.17) is 14.7 Å². The fraction of sp³-hybridized carbons (Fsp3) is 0.364. The summed E-state index contributed by atoms with van der Waals surface area (Å²) < 4.78 is 11.0. The third kappa shape index (κ3) is 2.24. The van der Waals surface area contributed by atoms with Gasteiger partial charge in [-0.25, -0.2) is 0 Å². The highest BCUT2D eigenvalue weighted by Crippen LogP contribution is 2.34. The Bertz CT molecular complexity index is 400. The predicted molar refractivity (Wildman–Crippen MR) is 59.3 cm³/mol. The van der Waals surface area contributed by atoms with Gasteiger partial charge in [-0.1, -0.05) is 22.0 Å². The van der Waals surface area contributed by atoms with Crippen LogP contribution in [0.4, 0.5) is 0 Å². The van der Waals surface area contributed by atoms with Crippen molar-refractivity contribution in [3.63, 3.8) is 0 Å². The van der Waals surface area contributed by atoms with E-state index in [-0.39, 0.29) is 4.83 Å². The van der Waals surface area contributed by atoms with Gasteiger partial charge in [-0.05, 0) is 17.7 Å². The van der Waals surface area contributed by atoms with E-state index >= 15 is 0 Å². The fourth-order valence-corrected chi connectivity index (χ4v) is 1.70. The van der Waals surface area contributed by atoms with E-state index in [0.29, 0.717) is 13.2 Å². The second-order valence-electron chi connectivity index (χ2n) is 3.25. The Balaban J connectivity index is 2.32. The summed E-state index contributed by atoms with van der Waals surface area (Å²) in [5.41, 5.74) is 0.891. The van der Waals surface area contributed by atoms with Crippen molar-refractivity contribution in [3.05, 3.63) is 23.8 Å². The number of alkyl halides is 1. The minimum absolute atomic E-state index is 0.297. The Hall–Kier alpha value is -1.21. The van der Waals surface area contributed by atoms with Crippen molar-refractivity contribution in [2.24, 2.45) is 0 Å². The first-order valence-electron chi connectivity index (χ1n) is 4.74. The van der Waals surface area contributed by atoms with Crippen LogP contribution in [0.25, 0.3) is 0 Å². The number of halogens is 1. The van der Waals surface area contributed by atoms with Crippen molar-refractivity contribution >= 4 is 15.9 Å². The van der Waals surface area contributed by atoms with E-state index in [0.717, 1.165) is 23.5 Å². The number of hydrogen-bond acceptors (Lipinski definition) is 3. The zero-order valence-corrected chi connectivity index (χ0v) is 9.66. The van der Waals surface area contributed by atoms with Crippen LogP contribution in [0.2, 0.25) is 0 Å². The molecular weight excluding hydrogens is 258 g/mol. The van der Waals surface area contributed by atoms with Crippen LogP contribution in [0.5, 0.6) is 11.5 Å². The zero-order valence-electron chi connectivity index (χ0n) is 8.07. The summed E-state index contributed by atoms with van der Waals surface area (Å²) in [6.07, 6.45) is 0.889. The van der Waals surface area contributed by atoms with Gasteiger partial charge in [-0.2, -0.15) is 5.26 Å². The normalized spacial score (nSPS) is 16.3. The highest BCUT2D eigenvalue weighted by molar-refractivity contribution is 9.09. The third-order valence-corrected chi connectivity index (χ3v) is 2.91. The molecule has 3 nitrogen and oxygen atoms in total. The lowest BCUT2D eigenvalue weighted by molar-refractivity contribution is 0.297. The van der Waals surface area contributed by atoms with Gasteiger partial charge in [0.2, 0.25) is 0 Å². The van der Waals surface area contributed by atoms with Crippen LogP contribution in [0.15, 0.2) is 18.2 Å². The highest BCUT2D eigenvalue weighted by Gasteiger charge is 2.13. The van der Waals surface area contributed by atoms with Gasteiger partial charge in [-0.15, -0.1) is 0 Å². The molecule has 1 heterocycles. The van der Waals surface area contributed by atoms with Crippen LogP contribution < -0.4 is 9.47 Å². The van der Waals surface area contributed by atoms with Gasteiger partial charge in [0.15, 0.2) is 11.5 Å². The Morgan fingerprint density at radius 3 is 2.73 bits per heavy atom. The summed E-state index contributed by atoms with van der Waals surface area (Å²) in [4.78, 5) is -0.297. The summed E-state index contributed by atoms with van der Waals surface area (Å²) in [6.45, 7) is 1.35. The Morgan fingerprint density at radius 2 is 2.00 bits per heavy atom. The molecule has 1 atom stereocenters. The van der Waals surface area contributed by atoms with E-state index < -0.39 is 0 Å². The minimum atomic E-state index is -0.297. The maximum Gasteiger partial charge on any atom is 0.161 e. The van der Waals surface area contributed by atoms with Crippen LogP contribution in [0.1, 0.15) is 16.8 Å². The lowest BCUT2D eigenvalue weighted by Crippen LogP contribution is -1.97. The van der Waals surface area contributed by atoms with Crippen LogP contribution in [0, 0.1) is 11.3 Å². The molecule has 78 valence electrons. The number of hydrogen-bond donors (Lipinski definition) is 0. The smallest absolute Gasteiger partial charge is 0.161 e. The van der Waals surface area contributed by atoms with Gasteiger partial charge in [-0.3, -0.25) is 0 Å². The lowest BCUT2D eigenvalue weighted by Gasteiger charge is -2.09. The molecular formula is C11H10BrNO2. The average Bonchev–Trinajstić information content (AvgIpc) is 2.51. The van der Waals surface area contributed by atoms with Gasteiger partial charge in [0.05, 0.1) is 19.3 Å². The van der Waals surface area contributed by atoms with Crippen molar-refractivity contribution in [1.82, 2.24) is 0 Å². The van der Waals surface area contributed by atoms with E-state index in [2.05, 4.69) is 22.0 Å². The average molecular weight is 268 g/mol. The maximum absolute atomic E-state index is 8.78. The van der Waals surface area contributed by atoms with Gasteiger partial charge in [0, 0.05) is 6.42 Å². The second kappa shape index (κ2) is 4.54. The summed E-state index contributed by atoms with van der Waals surface area (Å²) >= 11 is 3.27. The van der Waals surface area contributed by atoms with Crippen molar-refractivity contribution in [1.29, 1.82) is 5.26 Å². The first-order chi connectivity index (χ1) is 7.31. The zero-order chi connectivity index (χ0) is 10.7. The molecule has 4 heteroatoms. The second-order valence-corrected chi connectivity index (χ2v) is 4.16. The Labute approximate surface area is 96.7 Å². The topological polar surface area (TPSA) is 42.2 Å². The SMILES string of the molecule is N#CC(Br)c1ccc2c(c1)OCCCO2. The number of benzene rings is 1. The maximum atomic E-state index is 8.78. The largest absolute Gasteiger partial charge is 0.490 e. The minimum Gasteiger partial charge on any atom is -0.490 e. The van der Waals surface area contributed by atoms with Crippen LogP contribution in [-0.4, -0.2) is 13.2 Å². The molecule has 1 aromatic rings. The fourth-order valence-electron chi connectivity index (χ4n) is 1.41. The molecule has 1 aromatic carbocycles. The summed E-state index contributed by atoms with van der Waals surface area (Å²) in [6, 6.07) is 7.69. The predicted octanol–water partition coefficient (Wildman–Crippen LogP) is 2.81. The molecule has 1 aliphatic heterocycles. The third-order valence-electron chi connectivity index (χ3n) is 2.18. The van der Waals surface area contributed by atoms with E-state index in [1.807, 2.05) is 18.2 Å². The molecule has 0 radical (unpaired) electrons. The molecule has 0 bridgehead atoms. The van der Waals surface area contributed by atoms with E-state index in [9.17, 15) is 0 Å². The van der Waals surface area contributed by atoms with Crippen molar-refractivity contribution in [3.8, 4) is 17.6 Å². The quantitative estimate of drug-likeness (QED) is 0.735. The van der Waals surface area contributed by atoms with Gasteiger partial charge < -0.3 is 9.47 Å². The monoisotopic (exact) mass is 267 g/mol. The molecule has 0 N–H and O–H groups in total. The molecule has 1 aliphatic rings. The Morgan fingerprint density at radius 1 is 1.27 bits per heavy atom. The van der Waals surface area contributed by atoms with Crippen molar-refractivity contribution in [2.45, 2.75) is 11.2 Å². The number of nitrogens with zero attached hydrogens (tertiary/aromatic N) is 1. The molecule has 15 heavy (non-hydrogen) atoms. The van der Waals surface area contributed by atoms with Crippen molar-refractivity contribution < 1.29 is 9.47 Å². The van der Waals surface area contributed by atoms with E-state index in [1.54, 1.807) is 0 Å². The van der Waals surface area contributed by atoms with Gasteiger partial charge in [0.1, 0.15) is 4.83 Å². The molecule has 0 fully saturated rings. The van der Waals surface area contributed by atoms with Gasteiger partial charge in [0.25, 0.3) is 0 Å². The number of fused-ring (bicyclic) bond motifs is 1. The first-order valence-corrected chi connectivity index (χ1v) is 5.66. The van der Waals surface area contributed by atoms with Crippen LogP contribution >= 0.6 is 15.9 Å². The number of nitriles is 1. The number of ether oxygens (including phenoxy) is 2. The molecule has 0 saturated carbocycles. The molecule has 2 rings (SSSR count).